The van der Waals surface area contributed by atoms with Crippen LogP contribution in [0.2, 0.25) is 0 Å². The first-order valence-electron chi connectivity index (χ1n) is 10.2. The van der Waals surface area contributed by atoms with E-state index in [1.54, 1.807) is 0 Å². The number of aromatic nitrogens is 2. The van der Waals surface area contributed by atoms with Gasteiger partial charge in [-0.3, -0.25) is 4.79 Å². The van der Waals surface area contributed by atoms with Crippen LogP contribution in [0, 0.1) is 11.8 Å². The highest BCUT2D eigenvalue weighted by molar-refractivity contribution is 5.79. The van der Waals surface area contributed by atoms with E-state index in [4.69, 9.17) is 4.74 Å². The van der Waals surface area contributed by atoms with E-state index in [0.29, 0.717) is 19.1 Å². The fraction of sp³-hybridized carbons (Fsp3) is 0.714. The molecule has 1 saturated carbocycles. The second kappa shape index (κ2) is 7.95. The zero-order valence-corrected chi connectivity index (χ0v) is 15.9. The summed E-state index contributed by atoms with van der Waals surface area (Å²) in [5.41, 5.74) is 2.30. The van der Waals surface area contributed by atoms with Crippen molar-refractivity contribution in [3.63, 3.8) is 0 Å². The Bertz CT molecular complexity index is 660. The smallest absolute Gasteiger partial charge is 0.226 e. The molecule has 5 heteroatoms. The van der Waals surface area contributed by atoms with Crippen LogP contribution < -0.4 is 0 Å². The van der Waals surface area contributed by atoms with Crippen molar-refractivity contribution < 1.29 is 9.53 Å². The summed E-state index contributed by atoms with van der Waals surface area (Å²) >= 11 is 0. The second-order valence-electron chi connectivity index (χ2n) is 8.27. The Labute approximate surface area is 156 Å². The number of amides is 1. The minimum Gasteiger partial charge on any atom is -0.380 e. The number of fused-ring (bicyclic) bond motifs is 1. The first kappa shape index (κ1) is 17.8. The minimum absolute atomic E-state index is 0.144. The molecule has 0 spiro atoms. The Morgan fingerprint density at radius 2 is 2.08 bits per heavy atom. The van der Waals surface area contributed by atoms with Crippen LogP contribution in [0.4, 0.5) is 0 Å². The molecule has 142 valence electrons. The lowest BCUT2D eigenvalue weighted by Gasteiger charge is -2.35. The van der Waals surface area contributed by atoms with E-state index in [1.165, 1.54) is 31.4 Å². The molecule has 5 nitrogen and oxygen atoms in total. The molecule has 0 bridgehead atoms. The van der Waals surface area contributed by atoms with Crippen molar-refractivity contribution in [3.05, 3.63) is 29.9 Å². The third kappa shape index (κ3) is 3.73. The van der Waals surface area contributed by atoms with Gasteiger partial charge in [-0.05, 0) is 38.0 Å². The zero-order chi connectivity index (χ0) is 17.9. The summed E-state index contributed by atoms with van der Waals surface area (Å²) in [5.74, 6) is 1.41. The Hall–Kier alpha value is -1.62. The maximum Gasteiger partial charge on any atom is 0.226 e. The number of ether oxygens (including phenoxy) is 1. The van der Waals surface area contributed by atoms with E-state index in [0.717, 1.165) is 44.0 Å². The Kier molecular flexibility index (Phi) is 5.44. The van der Waals surface area contributed by atoms with E-state index in [2.05, 4.69) is 28.8 Å². The lowest BCUT2D eigenvalue weighted by Crippen LogP contribution is -2.43. The number of hydrogen-bond donors (Lipinski definition) is 0. The van der Waals surface area contributed by atoms with Crippen molar-refractivity contribution in [1.29, 1.82) is 0 Å². The summed E-state index contributed by atoms with van der Waals surface area (Å²) < 4.78 is 8.24. The van der Waals surface area contributed by atoms with Crippen LogP contribution in [-0.4, -0.2) is 40.1 Å². The number of allylic oxidation sites excluding steroid dienone is 2. The molecule has 0 N–H and O–H groups in total. The molecule has 1 aromatic rings. The largest absolute Gasteiger partial charge is 0.380 e. The monoisotopic (exact) mass is 357 g/mol. The van der Waals surface area contributed by atoms with Crippen molar-refractivity contribution in [2.75, 3.05) is 19.8 Å². The van der Waals surface area contributed by atoms with Crippen molar-refractivity contribution in [2.24, 2.45) is 18.9 Å². The molecule has 2 atom stereocenters. The van der Waals surface area contributed by atoms with Crippen LogP contribution in [0.3, 0.4) is 0 Å². The molecule has 1 aromatic heterocycles. The van der Waals surface area contributed by atoms with Gasteiger partial charge in [0.2, 0.25) is 5.91 Å². The number of carbonyl (C=O) groups excluding carboxylic acids is 1. The van der Waals surface area contributed by atoms with Gasteiger partial charge in [0.25, 0.3) is 0 Å². The second-order valence-corrected chi connectivity index (χ2v) is 8.27. The SMILES string of the molecule is Cn1cnc2c1C(COCC1CCCC1)CN(C(=O)C1CC=CCC1)C2. The Balaban J connectivity index is 1.42. The van der Waals surface area contributed by atoms with E-state index in [1.807, 2.05) is 11.2 Å². The van der Waals surface area contributed by atoms with Crippen molar-refractivity contribution in [1.82, 2.24) is 14.5 Å². The average molecular weight is 357 g/mol. The first-order chi connectivity index (χ1) is 12.7. The average Bonchev–Trinajstić information content (AvgIpc) is 3.32. The molecule has 4 rings (SSSR count). The Morgan fingerprint density at radius 3 is 2.85 bits per heavy atom. The molecule has 0 aromatic carbocycles. The van der Waals surface area contributed by atoms with Gasteiger partial charge in [-0.1, -0.05) is 25.0 Å². The fourth-order valence-electron chi connectivity index (χ4n) is 4.86. The van der Waals surface area contributed by atoms with Gasteiger partial charge in [0.1, 0.15) is 0 Å². The van der Waals surface area contributed by atoms with Gasteiger partial charge >= 0.3 is 0 Å². The molecule has 1 fully saturated rings. The predicted octanol–water partition coefficient (Wildman–Crippen LogP) is 3.41. The van der Waals surface area contributed by atoms with Gasteiger partial charge in [0.15, 0.2) is 0 Å². The summed E-state index contributed by atoms with van der Waals surface area (Å²) in [6.07, 6.45) is 14.4. The molecule has 0 saturated heterocycles. The zero-order valence-electron chi connectivity index (χ0n) is 15.9. The van der Waals surface area contributed by atoms with Gasteiger partial charge in [0, 0.05) is 37.7 Å². The van der Waals surface area contributed by atoms with Gasteiger partial charge in [-0.15, -0.1) is 0 Å². The summed E-state index contributed by atoms with van der Waals surface area (Å²) in [4.78, 5) is 19.6. The van der Waals surface area contributed by atoms with Gasteiger partial charge in [-0.25, -0.2) is 4.98 Å². The van der Waals surface area contributed by atoms with Crippen LogP contribution in [0.1, 0.15) is 62.3 Å². The first-order valence-corrected chi connectivity index (χ1v) is 10.2. The third-order valence-corrected chi connectivity index (χ3v) is 6.31. The molecule has 1 amide bonds. The Morgan fingerprint density at radius 1 is 1.23 bits per heavy atom. The fourth-order valence-corrected chi connectivity index (χ4v) is 4.86. The summed E-state index contributed by atoms with van der Waals surface area (Å²) in [5, 5.41) is 0. The van der Waals surface area contributed by atoms with Crippen LogP contribution in [-0.2, 0) is 23.1 Å². The van der Waals surface area contributed by atoms with Gasteiger partial charge in [0.05, 0.1) is 25.2 Å². The maximum atomic E-state index is 13.0. The highest BCUT2D eigenvalue weighted by Gasteiger charge is 2.34. The van der Waals surface area contributed by atoms with Crippen LogP contribution >= 0.6 is 0 Å². The lowest BCUT2D eigenvalue weighted by molar-refractivity contribution is -0.137. The standard InChI is InChI=1S/C21H31N3O2/c1-23-15-22-19-12-24(21(25)17-9-3-2-4-10-17)11-18(20(19)23)14-26-13-16-7-5-6-8-16/h2-3,15-18H,4-14H2,1H3. The van der Waals surface area contributed by atoms with E-state index < -0.39 is 0 Å². The van der Waals surface area contributed by atoms with Gasteiger partial charge in [-0.2, -0.15) is 0 Å². The number of nitrogens with zero attached hydrogens (tertiary/aromatic N) is 3. The molecule has 1 aliphatic heterocycles. The molecular weight excluding hydrogens is 326 g/mol. The highest BCUT2D eigenvalue weighted by Crippen LogP contribution is 2.31. The lowest BCUT2D eigenvalue weighted by atomic mass is 9.91. The van der Waals surface area contributed by atoms with Crippen LogP contribution in [0.25, 0.3) is 0 Å². The highest BCUT2D eigenvalue weighted by atomic mass is 16.5. The molecule has 2 unspecified atom stereocenters. The quantitative estimate of drug-likeness (QED) is 0.759. The normalized spacial score (nSPS) is 26.3. The number of imidazole rings is 1. The summed E-state index contributed by atoms with van der Waals surface area (Å²) in [6.45, 7) is 2.97. The van der Waals surface area contributed by atoms with E-state index in [9.17, 15) is 4.79 Å². The maximum absolute atomic E-state index is 13.0. The number of hydrogen-bond acceptors (Lipinski definition) is 3. The molecule has 26 heavy (non-hydrogen) atoms. The van der Waals surface area contributed by atoms with Crippen molar-refractivity contribution >= 4 is 5.91 Å². The molecule has 2 heterocycles. The number of carbonyl (C=O) groups is 1. The molecule has 3 aliphatic rings. The van der Waals surface area contributed by atoms with Crippen LogP contribution in [0.15, 0.2) is 18.5 Å². The van der Waals surface area contributed by atoms with Crippen LogP contribution in [0.5, 0.6) is 0 Å². The van der Waals surface area contributed by atoms with Crippen molar-refractivity contribution in [3.8, 4) is 0 Å². The number of rotatable bonds is 5. The summed E-state index contributed by atoms with van der Waals surface area (Å²) in [6, 6.07) is 0. The third-order valence-electron chi connectivity index (χ3n) is 6.31. The van der Waals surface area contributed by atoms with E-state index in [-0.39, 0.29) is 11.8 Å². The topological polar surface area (TPSA) is 47.4 Å². The van der Waals surface area contributed by atoms with E-state index >= 15 is 0 Å². The molecule has 2 aliphatic carbocycles. The van der Waals surface area contributed by atoms with Gasteiger partial charge < -0.3 is 14.2 Å². The minimum atomic E-state index is 0.144. The van der Waals surface area contributed by atoms with Crippen molar-refractivity contribution in [2.45, 2.75) is 57.4 Å². The number of aryl methyl sites for hydroxylation is 1. The summed E-state index contributed by atoms with van der Waals surface area (Å²) in [7, 11) is 2.05. The molecular formula is C21H31N3O2. The predicted molar refractivity (Wildman–Crippen MR) is 101 cm³/mol. The molecule has 0 radical (unpaired) electrons.